The van der Waals surface area contributed by atoms with Crippen LogP contribution in [0.1, 0.15) is 60.8 Å². The lowest BCUT2D eigenvalue weighted by Gasteiger charge is -2.35. The Morgan fingerprint density at radius 2 is 1.78 bits per heavy atom. The van der Waals surface area contributed by atoms with E-state index in [4.69, 9.17) is 4.74 Å². The molecule has 0 amide bonds. The molecule has 106 valence electrons. The molecular formula is C16H31NO. The van der Waals surface area contributed by atoms with Gasteiger partial charge in [0.05, 0.1) is 5.60 Å². The van der Waals surface area contributed by atoms with Gasteiger partial charge in [-0.2, -0.15) is 0 Å². The van der Waals surface area contributed by atoms with Crippen LogP contribution >= 0.6 is 0 Å². The molecule has 2 unspecified atom stereocenters. The molecule has 0 rings (SSSR count). The summed E-state index contributed by atoms with van der Waals surface area (Å²) in [5.74, 6) is 6.62. The molecule has 2 atom stereocenters. The summed E-state index contributed by atoms with van der Waals surface area (Å²) in [6, 6.07) is 0.294. The van der Waals surface area contributed by atoms with E-state index in [-0.39, 0.29) is 11.0 Å². The van der Waals surface area contributed by atoms with Crippen LogP contribution in [0.4, 0.5) is 0 Å². The summed E-state index contributed by atoms with van der Waals surface area (Å²) in [6.07, 6.45) is 2.96. The Balaban J connectivity index is 4.72. The Bertz CT molecular complexity index is 276. The minimum atomic E-state index is -0.137. The van der Waals surface area contributed by atoms with Gasteiger partial charge in [0.25, 0.3) is 0 Å². The number of ether oxygens (including phenoxy) is 1. The van der Waals surface area contributed by atoms with Crippen molar-refractivity contribution >= 4 is 0 Å². The minimum absolute atomic E-state index is 0.0744. The zero-order valence-corrected chi connectivity index (χ0v) is 13.3. The highest BCUT2D eigenvalue weighted by Gasteiger charge is 2.31. The molecule has 1 N–H and O–H groups in total. The van der Waals surface area contributed by atoms with Crippen LogP contribution in [0.15, 0.2) is 0 Å². The maximum absolute atomic E-state index is 5.70. The van der Waals surface area contributed by atoms with E-state index >= 15 is 0 Å². The summed E-state index contributed by atoms with van der Waals surface area (Å²) in [5, 5.41) is 3.57. The number of hydrogen-bond acceptors (Lipinski definition) is 2. The third-order valence-corrected chi connectivity index (χ3v) is 3.32. The van der Waals surface area contributed by atoms with Crippen molar-refractivity contribution in [2.45, 2.75) is 72.4 Å². The number of nitrogens with one attached hydrogen (secondary N) is 1. The molecule has 0 bridgehead atoms. The van der Waals surface area contributed by atoms with E-state index in [0.29, 0.717) is 6.04 Å². The third-order valence-electron chi connectivity index (χ3n) is 3.32. The van der Waals surface area contributed by atoms with Crippen LogP contribution in [-0.2, 0) is 4.74 Å². The maximum Gasteiger partial charge on any atom is 0.0809 e. The van der Waals surface area contributed by atoms with Gasteiger partial charge >= 0.3 is 0 Å². The van der Waals surface area contributed by atoms with Gasteiger partial charge in [-0.25, -0.2) is 0 Å². The zero-order chi connectivity index (χ0) is 14.2. The summed E-state index contributed by atoms with van der Waals surface area (Å²) in [6.45, 7) is 14.0. The normalized spacial score (nSPS) is 16.6. The first kappa shape index (κ1) is 17.5. The van der Waals surface area contributed by atoms with Crippen LogP contribution in [-0.4, -0.2) is 25.3 Å². The zero-order valence-electron chi connectivity index (χ0n) is 13.3. The van der Waals surface area contributed by atoms with Crippen LogP contribution in [0.3, 0.4) is 0 Å². The van der Waals surface area contributed by atoms with Gasteiger partial charge < -0.3 is 10.1 Å². The molecule has 0 saturated heterocycles. The lowest BCUT2D eigenvalue weighted by atomic mass is 9.89. The van der Waals surface area contributed by atoms with Gasteiger partial charge in [-0.1, -0.05) is 19.8 Å². The van der Waals surface area contributed by atoms with E-state index < -0.39 is 0 Å². The SMILES string of the molecule is CCCNC(CC#CC(C)(C)C)C(C)(CC)OC. The highest BCUT2D eigenvalue weighted by Crippen LogP contribution is 2.21. The Labute approximate surface area is 114 Å². The minimum Gasteiger partial charge on any atom is -0.377 e. The molecule has 0 saturated carbocycles. The fraction of sp³-hybridized carbons (Fsp3) is 0.875. The quantitative estimate of drug-likeness (QED) is 0.700. The monoisotopic (exact) mass is 253 g/mol. The second kappa shape index (κ2) is 7.81. The fourth-order valence-corrected chi connectivity index (χ4v) is 1.77. The van der Waals surface area contributed by atoms with Crippen molar-refractivity contribution in [3.63, 3.8) is 0 Å². The third kappa shape index (κ3) is 6.42. The highest BCUT2D eigenvalue weighted by atomic mass is 16.5. The van der Waals surface area contributed by atoms with E-state index in [2.05, 4.69) is 58.7 Å². The van der Waals surface area contributed by atoms with Crippen LogP contribution in [0.2, 0.25) is 0 Å². The molecule has 0 aliphatic carbocycles. The Hall–Kier alpha value is -0.520. The summed E-state index contributed by atoms with van der Waals surface area (Å²) >= 11 is 0. The molecule has 0 fully saturated rings. The van der Waals surface area contributed by atoms with Crippen molar-refractivity contribution in [3.05, 3.63) is 0 Å². The number of methoxy groups -OCH3 is 1. The van der Waals surface area contributed by atoms with Crippen LogP contribution in [0.5, 0.6) is 0 Å². The maximum atomic E-state index is 5.70. The van der Waals surface area contributed by atoms with Crippen molar-refractivity contribution in [1.29, 1.82) is 0 Å². The molecule has 0 aliphatic rings. The van der Waals surface area contributed by atoms with E-state index in [9.17, 15) is 0 Å². The van der Waals surface area contributed by atoms with Crippen molar-refractivity contribution in [3.8, 4) is 11.8 Å². The van der Waals surface area contributed by atoms with Gasteiger partial charge in [0.1, 0.15) is 0 Å². The van der Waals surface area contributed by atoms with Crippen molar-refractivity contribution in [2.75, 3.05) is 13.7 Å². The van der Waals surface area contributed by atoms with E-state index in [1.54, 1.807) is 7.11 Å². The summed E-state index contributed by atoms with van der Waals surface area (Å²) in [5.41, 5.74) is -0.0628. The topological polar surface area (TPSA) is 21.3 Å². The molecule has 0 spiro atoms. The van der Waals surface area contributed by atoms with Gasteiger partial charge in [0.15, 0.2) is 0 Å². The molecule has 18 heavy (non-hydrogen) atoms. The van der Waals surface area contributed by atoms with Crippen molar-refractivity contribution in [2.24, 2.45) is 5.41 Å². The lowest BCUT2D eigenvalue weighted by Crippen LogP contribution is -2.49. The average molecular weight is 253 g/mol. The Kier molecular flexibility index (Phi) is 7.59. The van der Waals surface area contributed by atoms with Crippen LogP contribution in [0, 0.1) is 17.3 Å². The van der Waals surface area contributed by atoms with E-state index in [1.807, 2.05) is 0 Å². The van der Waals surface area contributed by atoms with Crippen molar-refractivity contribution < 1.29 is 4.74 Å². The average Bonchev–Trinajstić information content (AvgIpc) is 2.31. The summed E-state index contributed by atoms with van der Waals surface area (Å²) in [4.78, 5) is 0. The second-order valence-corrected chi connectivity index (χ2v) is 6.13. The smallest absolute Gasteiger partial charge is 0.0809 e. The van der Waals surface area contributed by atoms with E-state index in [1.165, 1.54) is 0 Å². The largest absolute Gasteiger partial charge is 0.377 e. The first-order chi connectivity index (χ1) is 8.29. The highest BCUT2D eigenvalue weighted by molar-refractivity contribution is 5.10. The van der Waals surface area contributed by atoms with Crippen molar-refractivity contribution in [1.82, 2.24) is 5.32 Å². The summed E-state index contributed by atoms with van der Waals surface area (Å²) < 4.78 is 5.70. The number of hydrogen-bond donors (Lipinski definition) is 1. The molecular weight excluding hydrogens is 222 g/mol. The summed E-state index contributed by atoms with van der Waals surface area (Å²) in [7, 11) is 1.79. The predicted molar refractivity (Wildman–Crippen MR) is 79.6 cm³/mol. The lowest BCUT2D eigenvalue weighted by molar-refractivity contribution is -0.0274. The molecule has 0 heterocycles. The molecule has 0 radical (unpaired) electrons. The first-order valence-corrected chi connectivity index (χ1v) is 7.07. The Morgan fingerprint density at radius 1 is 1.17 bits per heavy atom. The van der Waals surface area contributed by atoms with E-state index in [0.717, 1.165) is 25.8 Å². The van der Waals surface area contributed by atoms with Gasteiger partial charge in [0.2, 0.25) is 0 Å². The predicted octanol–water partition coefficient (Wildman–Crippen LogP) is 3.61. The molecule has 0 aromatic carbocycles. The van der Waals surface area contributed by atoms with Crippen LogP contribution in [0.25, 0.3) is 0 Å². The Morgan fingerprint density at radius 3 is 2.17 bits per heavy atom. The number of rotatable bonds is 7. The first-order valence-electron chi connectivity index (χ1n) is 7.07. The molecule has 2 nitrogen and oxygen atoms in total. The molecule has 2 heteroatoms. The van der Waals surface area contributed by atoms with Gasteiger partial charge in [0, 0.05) is 25.0 Å². The van der Waals surface area contributed by atoms with Gasteiger partial charge in [-0.3, -0.25) is 0 Å². The van der Waals surface area contributed by atoms with Gasteiger partial charge in [-0.15, -0.1) is 5.92 Å². The molecule has 0 aliphatic heterocycles. The second-order valence-electron chi connectivity index (χ2n) is 6.13. The van der Waals surface area contributed by atoms with Crippen LogP contribution < -0.4 is 5.32 Å². The molecule has 0 aromatic heterocycles. The molecule has 0 aromatic rings. The standard InChI is InChI=1S/C16H31NO/c1-8-13-17-14(16(6,9-2)18-7)11-10-12-15(3,4)5/h14,17H,8-9,11,13H2,1-7H3. The van der Waals surface area contributed by atoms with Gasteiger partial charge in [-0.05, 0) is 47.1 Å². The fourth-order valence-electron chi connectivity index (χ4n) is 1.77.